The highest BCUT2D eigenvalue weighted by Gasteiger charge is 2.41. The number of carbonyl (C=O) groups is 2. The number of hydrogen-bond donors (Lipinski definition) is 1. The van der Waals surface area contributed by atoms with Gasteiger partial charge in [0.1, 0.15) is 11.4 Å². The van der Waals surface area contributed by atoms with Gasteiger partial charge in [0, 0.05) is 18.5 Å². The zero-order valence-electron chi connectivity index (χ0n) is 15.6. The van der Waals surface area contributed by atoms with Gasteiger partial charge in [-0.15, -0.1) is 0 Å². The van der Waals surface area contributed by atoms with E-state index in [0.717, 1.165) is 6.08 Å². The summed E-state index contributed by atoms with van der Waals surface area (Å²) in [4.78, 5) is 26.2. The zero-order chi connectivity index (χ0) is 21.0. The molecule has 5 nitrogen and oxygen atoms in total. The molecule has 1 aliphatic heterocycles. The van der Waals surface area contributed by atoms with Gasteiger partial charge in [-0.2, -0.15) is 13.2 Å². The molecule has 0 saturated carbocycles. The summed E-state index contributed by atoms with van der Waals surface area (Å²) in [5.41, 5.74) is -0.0776. The summed E-state index contributed by atoms with van der Waals surface area (Å²) in [5.74, 6) is 0.273. The van der Waals surface area contributed by atoms with Crippen LogP contribution in [-0.2, 0) is 6.54 Å². The lowest BCUT2D eigenvalue weighted by Crippen LogP contribution is -2.51. The number of benzene rings is 2. The maximum absolute atomic E-state index is 13.2. The van der Waals surface area contributed by atoms with E-state index in [2.05, 4.69) is 0 Å². The molecule has 29 heavy (non-hydrogen) atoms. The van der Waals surface area contributed by atoms with Gasteiger partial charge in [0.05, 0.1) is 13.2 Å². The molecule has 0 aliphatic carbocycles. The van der Waals surface area contributed by atoms with E-state index >= 15 is 0 Å². The lowest BCUT2D eigenvalue weighted by atomic mass is 10.00. The van der Waals surface area contributed by atoms with Gasteiger partial charge in [0.2, 0.25) is 0 Å². The third kappa shape index (κ3) is 4.96. The van der Waals surface area contributed by atoms with Crippen LogP contribution in [0.25, 0.3) is 0 Å². The summed E-state index contributed by atoms with van der Waals surface area (Å²) in [6, 6.07) is 13.1. The molecule has 0 aromatic heterocycles. The Morgan fingerprint density at radius 2 is 1.76 bits per heavy atom. The first-order valence-corrected chi connectivity index (χ1v) is 8.86. The quantitative estimate of drug-likeness (QED) is 0.730. The number of nitrogens with zero attached hydrogens (tertiary/aromatic N) is 1. The molecule has 1 atom stereocenters. The van der Waals surface area contributed by atoms with Crippen LogP contribution in [0.15, 0.2) is 66.4 Å². The van der Waals surface area contributed by atoms with E-state index in [-0.39, 0.29) is 18.7 Å². The van der Waals surface area contributed by atoms with E-state index in [1.54, 1.807) is 54.6 Å². The molecule has 2 amide bonds. The third-order valence-corrected chi connectivity index (χ3v) is 4.57. The predicted octanol–water partition coefficient (Wildman–Crippen LogP) is 4.31. The number of hydrogen-bond acceptors (Lipinski definition) is 3. The van der Waals surface area contributed by atoms with Crippen molar-refractivity contribution in [3.05, 3.63) is 77.5 Å². The van der Waals surface area contributed by atoms with Gasteiger partial charge in [0.15, 0.2) is 5.78 Å². The van der Waals surface area contributed by atoms with Crippen molar-refractivity contribution < 1.29 is 27.5 Å². The number of methoxy groups -OCH3 is 1. The topological polar surface area (TPSA) is 58.6 Å². The molecule has 1 N–H and O–H groups in total. The summed E-state index contributed by atoms with van der Waals surface area (Å²) in [6.45, 7) is 0.0458. The SMILES string of the molecule is COc1ccc(CN2C(=O)NC(C(F)(F)F)=CC2CC(=O)c2ccccc2)cc1. The molecule has 2 aromatic rings. The molecule has 2 aromatic carbocycles. The van der Waals surface area contributed by atoms with Crippen molar-refractivity contribution in [3.8, 4) is 5.75 Å². The fourth-order valence-corrected chi connectivity index (χ4v) is 3.04. The van der Waals surface area contributed by atoms with Crippen LogP contribution in [-0.4, -0.2) is 36.0 Å². The van der Waals surface area contributed by atoms with Crippen molar-refractivity contribution in [2.75, 3.05) is 7.11 Å². The second-order valence-corrected chi connectivity index (χ2v) is 6.54. The number of rotatable bonds is 6. The van der Waals surface area contributed by atoms with Crippen LogP contribution in [0.1, 0.15) is 22.3 Å². The molecule has 3 rings (SSSR count). The van der Waals surface area contributed by atoms with Crippen molar-refractivity contribution in [1.29, 1.82) is 0 Å². The molecule has 152 valence electrons. The normalized spacial score (nSPS) is 16.8. The van der Waals surface area contributed by atoms with Gasteiger partial charge in [0.25, 0.3) is 0 Å². The van der Waals surface area contributed by atoms with E-state index < -0.39 is 23.9 Å². The highest BCUT2D eigenvalue weighted by Crippen LogP contribution is 2.29. The van der Waals surface area contributed by atoms with Gasteiger partial charge in [-0.1, -0.05) is 42.5 Å². The van der Waals surface area contributed by atoms with Crippen LogP contribution < -0.4 is 10.1 Å². The molecule has 1 unspecified atom stereocenters. The number of carbonyl (C=O) groups excluding carboxylic acids is 2. The minimum Gasteiger partial charge on any atom is -0.497 e. The Balaban J connectivity index is 1.87. The van der Waals surface area contributed by atoms with E-state index in [1.165, 1.54) is 12.0 Å². The Morgan fingerprint density at radius 3 is 2.34 bits per heavy atom. The molecule has 0 bridgehead atoms. The molecule has 0 fully saturated rings. The smallest absolute Gasteiger partial charge is 0.431 e. The number of halogens is 3. The van der Waals surface area contributed by atoms with Gasteiger partial charge in [-0.25, -0.2) is 4.79 Å². The number of ether oxygens (including phenoxy) is 1. The first kappa shape index (κ1) is 20.4. The first-order chi connectivity index (χ1) is 13.8. The molecule has 0 radical (unpaired) electrons. The average molecular weight is 404 g/mol. The van der Waals surface area contributed by atoms with Gasteiger partial charge in [-0.3, -0.25) is 4.79 Å². The van der Waals surface area contributed by atoms with Gasteiger partial charge in [-0.05, 0) is 23.8 Å². The summed E-state index contributed by atoms with van der Waals surface area (Å²) >= 11 is 0. The first-order valence-electron chi connectivity index (χ1n) is 8.86. The summed E-state index contributed by atoms with van der Waals surface area (Å²) in [5, 5.41) is 1.88. The van der Waals surface area contributed by atoms with Crippen LogP contribution in [0.3, 0.4) is 0 Å². The standard InChI is InChI=1S/C21H19F3N2O3/c1-29-17-9-7-14(8-10-17)13-26-16(11-18(27)15-5-3-2-4-6-15)12-19(21(22,23)24)25-20(26)28/h2-10,12,16H,11,13H2,1H3,(H,25,28). The van der Waals surface area contributed by atoms with Crippen LogP contribution in [0.2, 0.25) is 0 Å². The minimum atomic E-state index is -4.71. The Bertz CT molecular complexity index is 909. The molecule has 1 aliphatic rings. The predicted molar refractivity (Wildman–Crippen MR) is 100 cm³/mol. The number of nitrogens with one attached hydrogen (secondary N) is 1. The lowest BCUT2D eigenvalue weighted by Gasteiger charge is -2.35. The summed E-state index contributed by atoms with van der Waals surface area (Å²) in [7, 11) is 1.52. The Kier molecular flexibility index (Phi) is 5.91. The lowest BCUT2D eigenvalue weighted by molar-refractivity contribution is -0.0975. The largest absolute Gasteiger partial charge is 0.497 e. The van der Waals surface area contributed by atoms with E-state index in [1.807, 2.05) is 5.32 Å². The van der Waals surface area contributed by atoms with Crippen molar-refractivity contribution in [2.45, 2.75) is 25.2 Å². The van der Waals surface area contributed by atoms with Crippen molar-refractivity contribution >= 4 is 11.8 Å². The van der Waals surface area contributed by atoms with Crippen LogP contribution in [0.4, 0.5) is 18.0 Å². The highest BCUT2D eigenvalue weighted by atomic mass is 19.4. The van der Waals surface area contributed by atoms with Gasteiger partial charge >= 0.3 is 12.2 Å². The van der Waals surface area contributed by atoms with Crippen molar-refractivity contribution in [2.24, 2.45) is 0 Å². The molecular weight excluding hydrogens is 385 g/mol. The minimum absolute atomic E-state index is 0.0458. The van der Waals surface area contributed by atoms with Crippen LogP contribution >= 0.6 is 0 Å². The second-order valence-electron chi connectivity index (χ2n) is 6.54. The van der Waals surface area contributed by atoms with Crippen LogP contribution in [0, 0.1) is 0 Å². The maximum Gasteiger partial charge on any atom is 0.431 e. The van der Waals surface area contributed by atoms with E-state index in [0.29, 0.717) is 16.9 Å². The fraction of sp³-hybridized carbons (Fsp3) is 0.238. The second kappa shape index (κ2) is 8.38. The third-order valence-electron chi connectivity index (χ3n) is 4.57. The number of amides is 2. The number of allylic oxidation sites excluding steroid dienone is 1. The summed E-state index contributed by atoms with van der Waals surface area (Å²) in [6.07, 6.45) is -4.07. The van der Waals surface area contributed by atoms with Crippen LogP contribution in [0.5, 0.6) is 5.75 Å². The zero-order valence-corrected chi connectivity index (χ0v) is 15.6. The highest BCUT2D eigenvalue weighted by molar-refractivity contribution is 5.97. The Labute approximate surface area is 165 Å². The van der Waals surface area contributed by atoms with E-state index in [9.17, 15) is 22.8 Å². The van der Waals surface area contributed by atoms with Gasteiger partial charge < -0.3 is 15.0 Å². The molecule has 8 heteroatoms. The molecule has 1 heterocycles. The Hall–Kier alpha value is -3.29. The number of urea groups is 1. The number of Topliss-reactive ketones (excluding diaryl/α,β-unsaturated/α-hetero) is 1. The number of ketones is 1. The molecular formula is C21H19F3N2O3. The number of alkyl halides is 3. The molecule has 0 spiro atoms. The van der Waals surface area contributed by atoms with E-state index in [4.69, 9.17) is 4.74 Å². The fourth-order valence-electron chi connectivity index (χ4n) is 3.04. The van der Waals surface area contributed by atoms with Crippen molar-refractivity contribution in [1.82, 2.24) is 10.2 Å². The maximum atomic E-state index is 13.2. The average Bonchev–Trinajstić information content (AvgIpc) is 2.70. The summed E-state index contributed by atoms with van der Waals surface area (Å²) < 4.78 is 44.6. The Morgan fingerprint density at radius 1 is 1.10 bits per heavy atom. The monoisotopic (exact) mass is 404 g/mol. The van der Waals surface area contributed by atoms with Crippen molar-refractivity contribution in [3.63, 3.8) is 0 Å². The molecule has 0 saturated heterocycles.